The van der Waals surface area contributed by atoms with Crippen LogP contribution in [0, 0.1) is 11.7 Å². The molecule has 2 aliphatic rings. The fourth-order valence-electron chi connectivity index (χ4n) is 3.86. The number of amides is 1. The Morgan fingerprint density at radius 3 is 3.00 bits per heavy atom. The van der Waals surface area contributed by atoms with Gasteiger partial charge in [0.15, 0.2) is 5.69 Å². The van der Waals surface area contributed by atoms with Crippen LogP contribution in [0.3, 0.4) is 0 Å². The summed E-state index contributed by atoms with van der Waals surface area (Å²) in [5.41, 5.74) is 2.81. The number of rotatable bonds is 4. The van der Waals surface area contributed by atoms with Gasteiger partial charge in [-0.2, -0.15) is 5.10 Å². The molecule has 0 spiro atoms. The molecule has 0 bridgehead atoms. The Morgan fingerprint density at radius 1 is 1.32 bits per heavy atom. The summed E-state index contributed by atoms with van der Waals surface area (Å²) >= 11 is 0. The van der Waals surface area contributed by atoms with Crippen LogP contribution < -0.4 is 10.6 Å². The number of nitrogens with one attached hydrogen (secondary N) is 2. The van der Waals surface area contributed by atoms with Gasteiger partial charge >= 0.3 is 0 Å². The molecular formula is C19H23FN4O. The van der Waals surface area contributed by atoms with E-state index in [0.29, 0.717) is 23.8 Å². The van der Waals surface area contributed by atoms with Gasteiger partial charge in [-0.05, 0) is 63.2 Å². The summed E-state index contributed by atoms with van der Waals surface area (Å²) in [6.07, 6.45) is 4.93. The Hall–Kier alpha value is -2.21. The number of carbonyl (C=O) groups is 1. The highest BCUT2D eigenvalue weighted by Gasteiger charge is 2.28. The Bertz CT molecular complexity index is 780. The Labute approximate surface area is 146 Å². The molecule has 1 saturated heterocycles. The standard InChI is InChI=1S/C19H23FN4O/c20-15-7-1-2-8-17(15)24-16-9-3-6-14(16)18(23-24)19(25)22-12-13-5-4-10-21-11-13/h1-2,7-8,13,21H,3-6,9-12H2,(H,22,25). The van der Waals surface area contributed by atoms with Crippen molar-refractivity contribution in [2.75, 3.05) is 19.6 Å². The number of piperidine rings is 1. The maximum atomic E-state index is 14.2. The lowest BCUT2D eigenvalue weighted by atomic mass is 10.00. The molecule has 132 valence electrons. The van der Waals surface area contributed by atoms with E-state index in [4.69, 9.17) is 0 Å². The van der Waals surface area contributed by atoms with Gasteiger partial charge in [-0.1, -0.05) is 12.1 Å². The minimum absolute atomic E-state index is 0.140. The van der Waals surface area contributed by atoms with Crippen LogP contribution in [0.2, 0.25) is 0 Å². The number of hydrogen-bond acceptors (Lipinski definition) is 3. The van der Waals surface area contributed by atoms with Gasteiger partial charge in [-0.25, -0.2) is 9.07 Å². The molecular weight excluding hydrogens is 319 g/mol. The van der Waals surface area contributed by atoms with E-state index in [-0.39, 0.29) is 11.7 Å². The summed E-state index contributed by atoms with van der Waals surface area (Å²) in [7, 11) is 0. The fourth-order valence-corrected chi connectivity index (χ4v) is 3.86. The summed E-state index contributed by atoms with van der Waals surface area (Å²) in [5.74, 6) is 0.0122. The normalized spacial score (nSPS) is 19.6. The first-order chi connectivity index (χ1) is 12.2. The number of nitrogens with zero attached hydrogens (tertiary/aromatic N) is 2. The van der Waals surface area contributed by atoms with Gasteiger partial charge < -0.3 is 10.6 Å². The summed E-state index contributed by atoms with van der Waals surface area (Å²) in [5, 5.41) is 10.9. The topological polar surface area (TPSA) is 59.0 Å². The van der Waals surface area contributed by atoms with Crippen LogP contribution in [0.25, 0.3) is 5.69 Å². The minimum Gasteiger partial charge on any atom is -0.350 e. The molecule has 25 heavy (non-hydrogen) atoms. The second-order valence-electron chi connectivity index (χ2n) is 6.91. The molecule has 5 nitrogen and oxygen atoms in total. The van der Waals surface area contributed by atoms with Crippen LogP contribution in [0.1, 0.15) is 41.0 Å². The number of benzene rings is 1. The molecule has 2 N–H and O–H groups in total. The predicted octanol–water partition coefficient (Wildman–Crippen LogP) is 2.23. The quantitative estimate of drug-likeness (QED) is 0.896. The third kappa shape index (κ3) is 3.18. The monoisotopic (exact) mass is 342 g/mol. The molecule has 1 unspecified atom stereocenters. The van der Waals surface area contributed by atoms with Crippen LogP contribution in [0.15, 0.2) is 24.3 Å². The molecule has 1 aromatic heterocycles. The molecule has 0 saturated carbocycles. The number of carbonyl (C=O) groups excluding carboxylic acids is 1. The van der Waals surface area contributed by atoms with Crippen molar-refractivity contribution in [3.8, 4) is 5.69 Å². The number of hydrogen-bond donors (Lipinski definition) is 2. The van der Waals surface area contributed by atoms with E-state index in [0.717, 1.165) is 56.5 Å². The molecule has 1 aliphatic heterocycles. The van der Waals surface area contributed by atoms with Crippen molar-refractivity contribution in [3.05, 3.63) is 47.0 Å². The SMILES string of the molecule is O=C(NCC1CCCNC1)c1nn(-c2ccccc2F)c2c1CCC2. The predicted molar refractivity (Wildman–Crippen MR) is 93.5 cm³/mol. The third-order valence-corrected chi connectivity index (χ3v) is 5.18. The van der Waals surface area contributed by atoms with Gasteiger partial charge in [-0.15, -0.1) is 0 Å². The molecule has 2 aromatic rings. The largest absolute Gasteiger partial charge is 0.350 e. The zero-order valence-corrected chi connectivity index (χ0v) is 14.2. The van der Waals surface area contributed by atoms with Crippen LogP contribution in [0.4, 0.5) is 4.39 Å². The summed E-state index contributed by atoms with van der Waals surface area (Å²) in [4.78, 5) is 12.7. The average Bonchev–Trinajstić information content (AvgIpc) is 3.24. The van der Waals surface area contributed by atoms with E-state index < -0.39 is 0 Å². The van der Waals surface area contributed by atoms with Gasteiger partial charge in [0.05, 0.1) is 0 Å². The maximum absolute atomic E-state index is 14.2. The first kappa shape index (κ1) is 16.3. The van der Waals surface area contributed by atoms with Crippen LogP contribution in [-0.4, -0.2) is 35.3 Å². The summed E-state index contributed by atoms with van der Waals surface area (Å²) in [6, 6.07) is 6.58. The number of aromatic nitrogens is 2. The van der Waals surface area contributed by atoms with E-state index in [1.807, 2.05) is 0 Å². The summed E-state index contributed by atoms with van der Waals surface area (Å²) < 4.78 is 15.8. The molecule has 1 aliphatic carbocycles. The highest BCUT2D eigenvalue weighted by Crippen LogP contribution is 2.28. The second-order valence-corrected chi connectivity index (χ2v) is 6.91. The molecule has 1 aromatic carbocycles. The Morgan fingerprint density at radius 2 is 2.20 bits per heavy atom. The van der Waals surface area contributed by atoms with Crippen molar-refractivity contribution in [1.29, 1.82) is 0 Å². The highest BCUT2D eigenvalue weighted by atomic mass is 19.1. The van der Waals surface area contributed by atoms with Gasteiger partial charge in [0, 0.05) is 17.8 Å². The minimum atomic E-state index is -0.320. The van der Waals surface area contributed by atoms with Crippen molar-refractivity contribution in [2.24, 2.45) is 5.92 Å². The molecule has 2 heterocycles. The smallest absolute Gasteiger partial charge is 0.272 e. The molecule has 1 fully saturated rings. The van der Waals surface area contributed by atoms with E-state index >= 15 is 0 Å². The molecule has 4 rings (SSSR count). The van der Waals surface area contributed by atoms with Gasteiger partial charge in [0.2, 0.25) is 0 Å². The zero-order chi connectivity index (χ0) is 17.2. The van der Waals surface area contributed by atoms with Gasteiger partial charge in [0.25, 0.3) is 5.91 Å². The lowest BCUT2D eigenvalue weighted by Crippen LogP contribution is -2.38. The molecule has 6 heteroatoms. The van der Waals surface area contributed by atoms with Gasteiger partial charge in [0.1, 0.15) is 11.5 Å². The van der Waals surface area contributed by atoms with Crippen molar-refractivity contribution in [2.45, 2.75) is 32.1 Å². The maximum Gasteiger partial charge on any atom is 0.272 e. The average molecular weight is 342 g/mol. The number of fused-ring (bicyclic) bond motifs is 1. The van der Waals surface area contributed by atoms with Crippen LogP contribution in [-0.2, 0) is 12.8 Å². The van der Waals surface area contributed by atoms with Crippen LogP contribution >= 0.6 is 0 Å². The molecule has 1 amide bonds. The first-order valence-electron chi connectivity index (χ1n) is 9.08. The number of halogens is 1. The van der Waals surface area contributed by atoms with Crippen LogP contribution in [0.5, 0.6) is 0 Å². The number of para-hydroxylation sites is 1. The fraction of sp³-hybridized carbons (Fsp3) is 0.474. The van der Waals surface area contributed by atoms with E-state index in [1.54, 1.807) is 22.9 Å². The molecule has 0 radical (unpaired) electrons. The molecule has 1 atom stereocenters. The lowest BCUT2D eigenvalue weighted by molar-refractivity contribution is 0.0938. The van der Waals surface area contributed by atoms with E-state index in [9.17, 15) is 9.18 Å². The third-order valence-electron chi connectivity index (χ3n) is 5.18. The highest BCUT2D eigenvalue weighted by molar-refractivity contribution is 5.94. The zero-order valence-electron chi connectivity index (χ0n) is 14.2. The second kappa shape index (κ2) is 6.96. The van der Waals surface area contributed by atoms with Crippen molar-refractivity contribution < 1.29 is 9.18 Å². The Kier molecular flexibility index (Phi) is 4.53. The lowest BCUT2D eigenvalue weighted by Gasteiger charge is -2.22. The van der Waals surface area contributed by atoms with Gasteiger partial charge in [-0.3, -0.25) is 4.79 Å². The Balaban J connectivity index is 1.57. The van der Waals surface area contributed by atoms with E-state index in [2.05, 4.69) is 15.7 Å². The van der Waals surface area contributed by atoms with Crippen molar-refractivity contribution in [1.82, 2.24) is 20.4 Å². The summed E-state index contributed by atoms with van der Waals surface area (Å²) in [6.45, 7) is 2.67. The van der Waals surface area contributed by atoms with Crippen molar-refractivity contribution >= 4 is 5.91 Å². The van der Waals surface area contributed by atoms with Crippen molar-refractivity contribution in [3.63, 3.8) is 0 Å². The van der Waals surface area contributed by atoms with E-state index in [1.165, 1.54) is 6.07 Å². The first-order valence-corrected chi connectivity index (χ1v) is 9.08.